The van der Waals surface area contributed by atoms with Crippen LogP contribution < -0.4 is 16.4 Å². The number of aliphatic carboxylic acids is 1. The highest BCUT2D eigenvalue weighted by molar-refractivity contribution is 5.86. The van der Waals surface area contributed by atoms with Crippen molar-refractivity contribution >= 4 is 17.7 Å². The number of amides is 1. The molecule has 4 saturated carbocycles. The van der Waals surface area contributed by atoms with Crippen LogP contribution in [0.25, 0.3) is 0 Å². The number of fused-ring (bicyclic) bond motifs is 11. The number of aromatic nitrogens is 4. The van der Waals surface area contributed by atoms with E-state index in [4.69, 9.17) is 15.2 Å². The summed E-state index contributed by atoms with van der Waals surface area (Å²) in [6.45, 7) is 9.41. The Morgan fingerprint density at radius 1 is 0.922 bits per heavy atom. The van der Waals surface area contributed by atoms with E-state index in [1.807, 2.05) is 6.92 Å². The first-order chi connectivity index (χ1) is 36.5. The number of nitrogens with one attached hydrogen (secondary N) is 4. The SMILES string of the molecule is CC1(CO)CCC2(C(=O)O)C(C1)C1=CCC3C4(C)C(CC5C(C(CCC(N)O)c6cnc[nH]6)NC(=O)C5(CO)CCCO)C(O)C(OC5OCC(O)C(O)C5O)C(C)(CO)C4CCC3(C)C1(C)C1Cc3[nH]cnc3NCC12. The average Bonchev–Trinajstić information content (AvgIpc) is 4.26. The Kier molecular flexibility index (Phi) is 15.1. The quantitative estimate of drug-likeness (QED) is 0.0643. The number of hydrogen-bond donors (Lipinski definition) is 15. The van der Waals surface area contributed by atoms with Gasteiger partial charge < -0.3 is 86.9 Å². The molecular formula is C56H87N7O14. The summed E-state index contributed by atoms with van der Waals surface area (Å²) in [6.07, 6.45) is 1.32. The van der Waals surface area contributed by atoms with Gasteiger partial charge >= 0.3 is 5.97 Å². The molecule has 8 aliphatic rings. The minimum Gasteiger partial charge on any atom is -0.481 e. The summed E-state index contributed by atoms with van der Waals surface area (Å²) < 4.78 is 12.6. The molecule has 77 heavy (non-hydrogen) atoms. The monoisotopic (exact) mass is 1080 g/mol. The van der Waals surface area contributed by atoms with Crippen molar-refractivity contribution < 1.29 is 70.1 Å². The topological polar surface area (TPSA) is 362 Å². The summed E-state index contributed by atoms with van der Waals surface area (Å²) in [5.41, 5.74) is 1.93. The van der Waals surface area contributed by atoms with Gasteiger partial charge in [0, 0.05) is 49.0 Å². The standard InChI is InChI=1S/C56H87N7O14/c1-50(23-65)14-15-56(49(74)75)33(19-50)29-8-9-39-52(3,54(29,5)30-18-35-46(62-27-61-35)59-20-34(30)56)13-11-38-51(2,24-66)45(77-47-44(72)43(71)37(68)22-76-47)42(70)32(53(38,39)4)17-31-41(63-48(73)55(31,25-67)12-6-16-64)28(7-10-40(57)69)36-21-58-26-60-36/h8,21,26-28,30-34,37-45,47,59,64-72H,6-7,9-20,22-25,57H2,1-5H3,(H,58,60)(H,61,62)(H,63,73)(H,74,75). The maximum absolute atomic E-state index is 14.9. The minimum absolute atomic E-state index is 0.0874. The number of carbonyl (C=O) groups is 2. The normalized spacial score (nSPS) is 47.1. The first-order valence-electron chi connectivity index (χ1n) is 28.4. The number of aliphatic hydroxyl groups excluding tert-OH is 9. The van der Waals surface area contributed by atoms with E-state index in [9.17, 15) is 60.7 Å². The van der Waals surface area contributed by atoms with E-state index in [-0.39, 0.29) is 63.3 Å². The molecule has 21 heteroatoms. The molecule has 6 fully saturated rings. The molecule has 23 unspecified atom stereocenters. The van der Waals surface area contributed by atoms with Crippen LogP contribution in [0.3, 0.4) is 0 Å². The van der Waals surface area contributed by atoms with E-state index in [0.29, 0.717) is 69.4 Å². The molecule has 16 N–H and O–H groups in total. The highest BCUT2D eigenvalue weighted by atomic mass is 16.7. The number of carbonyl (C=O) groups excluding carboxylic acids is 1. The Labute approximate surface area is 450 Å². The zero-order chi connectivity index (χ0) is 55.4. The van der Waals surface area contributed by atoms with Gasteiger partial charge in [-0.05, 0) is 140 Å². The van der Waals surface area contributed by atoms with Crippen LogP contribution >= 0.6 is 0 Å². The van der Waals surface area contributed by atoms with Gasteiger partial charge in [0.2, 0.25) is 5.91 Å². The van der Waals surface area contributed by atoms with E-state index in [0.717, 1.165) is 11.3 Å². The predicted molar refractivity (Wildman–Crippen MR) is 278 cm³/mol. The van der Waals surface area contributed by atoms with Gasteiger partial charge in [-0.3, -0.25) is 9.59 Å². The number of rotatable bonds is 16. The molecule has 3 aliphatic heterocycles. The molecule has 2 aromatic heterocycles. The second-order valence-electron chi connectivity index (χ2n) is 26.4. The third kappa shape index (κ3) is 8.27. The number of aromatic amines is 2. The van der Waals surface area contributed by atoms with Crippen LogP contribution in [0.1, 0.15) is 123 Å². The van der Waals surface area contributed by atoms with Gasteiger partial charge in [-0.2, -0.15) is 0 Å². The molecule has 0 spiro atoms. The predicted octanol–water partition coefficient (Wildman–Crippen LogP) is 1.50. The number of carboxylic acid groups (broad SMARTS) is 1. The van der Waals surface area contributed by atoms with E-state index < -0.39 is 142 Å². The molecule has 1 amide bonds. The third-order valence-corrected chi connectivity index (χ3v) is 23.4. The molecule has 0 bridgehead atoms. The van der Waals surface area contributed by atoms with Gasteiger partial charge in [-0.1, -0.05) is 46.3 Å². The zero-order valence-electron chi connectivity index (χ0n) is 45.4. The van der Waals surface area contributed by atoms with Crippen LogP contribution in [0.2, 0.25) is 0 Å². The van der Waals surface area contributed by atoms with Gasteiger partial charge in [-0.15, -0.1) is 0 Å². The molecule has 23 atom stereocenters. The van der Waals surface area contributed by atoms with Crippen molar-refractivity contribution in [2.75, 3.05) is 44.9 Å². The lowest BCUT2D eigenvalue weighted by Gasteiger charge is -2.75. The molecule has 0 aromatic carbocycles. The molecular weight excluding hydrogens is 995 g/mol. The molecule has 10 rings (SSSR count). The summed E-state index contributed by atoms with van der Waals surface area (Å²) in [5.74, 6) is -4.40. The third-order valence-electron chi connectivity index (χ3n) is 23.4. The Morgan fingerprint density at radius 3 is 2.35 bits per heavy atom. The number of nitrogens with two attached hydrogens (primary N) is 1. The van der Waals surface area contributed by atoms with Crippen LogP contribution in [0.4, 0.5) is 5.82 Å². The Bertz CT molecular complexity index is 2500. The summed E-state index contributed by atoms with van der Waals surface area (Å²) in [7, 11) is 0. The molecule has 2 saturated heterocycles. The fourth-order valence-electron chi connectivity index (χ4n) is 19.1. The van der Waals surface area contributed by atoms with Crippen molar-refractivity contribution in [3.05, 3.63) is 41.9 Å². The lowest BCUT2D eigenvalue weighted by Crippen LogP contribution is -2.74. The van der Waals surface area contributed by atoms with Gasteiger partial charge in [0.1, 0.15) is 30.4 Å². The first kappa shape index (κ1) is 56.7. The number of ether oxygens (including phenoxy) is 2. The summed E-state index contributed by atoms with van der Waals surface area (Å²) in [6, 6.07) is -0.727. The summed E-state index contributed by atoms with van der Waals surface area (Å²) in [5, 5.41) is 121. The highest BCUT2D eigenvalue weighted by Gasteiger charge is 2.77. The van der Waals surface area contributed by atoms with Crippen LogP contribution in [0.15, 0.2) is 30.5 Å². The van der Waals surface area contributed by atoms with Gasteiger partial charge in [0.05, 0.1) is 61.2 Å². The van der Waals surface area contributed by atoms with Gasteiger partial charge in [0.15, 0.2) is 6.29 Å². The number of H-pyrrole nitrogens is 2. The van der Waals surface area contributed by atoms with Crippen molar-refractivity contribution in [1.29, 1.82) is 0 Å². The molecule has 430 valence electrons. The van der Waals surface area contributed by atoms with Crippen molar-refractivity contribution in [1.82, 2.24) is 25.3 Å². The maximum atomic E-state index is 14.9. The number of nitrogens with zero attached hydrogens (tertiary/aromatic N) is 2. The zero-order valence-corrected chi connectivity index (χ0v) is 45.4. The van der Waals surface area contributed by atoms with Crippen LogP contribution in [0.5, 0.6) is 0 Å². The van der Waals surface area contributed by atoms with Gasteiger partial charge in [0.25, 0.3) is 0 Å². The highest BCUT2D eigenvalue weighted by Crippen LogP contribution is 2.79. The average molecular weight is 1080 g/mol. The maximum Gasteiger partial charge on any atom is 0.310 e. The number of allylic oxidation sites excluding steroid dienone is 2. The number of imidazole rings is 2. The Hall–Kier alpha value is -3.58. The number of aliphatic hydroxyl groups is 9. The molecule has 0 radical (unpaired) electrons. The van der Waals surface area contributed by atoms with Crippen molar-refractivity contribution in [3.8, 4) is 0 Å². The van der Waals surface area contributed by atoms with E-state index in [2.05, 4.69) is 64.3 Å². The van der Waals surface area contributed by atoms with Crippen LogP contribution in [-0.4, -0.2) is 172 Å². The largest absolute Gasteiger partial charge is 0.481 e. The van der Waals surface area contributed by atoms with Gasteiger partial charge in [-0.25, -0.2) is 9.97 Å². The Balaban J connectivity index is 1.18. The van der Waals surface area contributed by atoms with E-state index in [1.165, 1.54) is 6.33 Å². The molecule has 5 heterocycles. The van der Waals surface area contributed by atoms with E-state index >= 15 is 0 Å². The second kappa shape index (κ2) is 20.4. The number of carboxylic acids is 1. The Morgan fingerprint density at radius 2 is 1.69 bits per heavy atom. The second-order valence-corrected chi connectivity index (χ2v) is 26.4. The summed E-state index contributed by atoms with van der Waals surface area (Å²) in [4.78, 5) is 45.0. The number of hydrogen-bond acceptors (Lipinski definition) is 17. The van der Waals surface area contributed by atoms with Crippen molar-refractivity contribution in [2.45, 2.75) is 167 Å². The van der Waals surface area contributed by atoms with Crippen molar-refractivity contribution in [3.63, 3.8) is 0 Å². The fraction of sp³-hybridized carbons (Fsp3) is 0.821. The number of anilines is 1. The smallest absolute Gasteiger partial charge is 0.310 e. The van der Waals surface area contributed by atoms with Crippen LogP contribution in [-0.2, 0) is 25.5 Å². The molecule has 21 nitrogen and oxygen atoms in total. The van der Waals surface area contributed by atoms with Crippen molar-refractivity contribution in [2.24, 2.45) is 85.1 Å². The summed E-state index contributed by atoms with van der Waals surface area (Å²) >= 11 is 0. The first-order valence-corrected chi connectivity index (χ1v) is 28.4. The van der Waals surface area contributed by atoms with E-state index in [1.54, 1.807) is 12.5 Å². The molecule has 5 aliphatic carbocycles. The fourth-order valence-corrected chi connectivity index (χ4v) is 19.1. The minimum atomic E-state index is -1.72. The lowest BCUT2D eigenvalue weighted by molar-refractivity contribution is -0.341. The molecule has 2 aromatic rings. The van der Waals surface area contributed by atoms with Crippen LogP contribution in [0, 0.1) is 79.3 Å². The lowest BCUT2D eigenvalue weighted by atomic mass is 9.29.